The average molecular weight is 397 g/mol. The van der Waals surface area contributed by atoms with Gasteiger partial charge in [0.05, 0.1) is 11.1 Å². The molecule has 3 aromatic rings. The Morgan fingerprint density at radius 3 is 2.46 bits per heavy atom. The van der Waals surface area contributed by atoms with E-state index in [9.17, 15) is 4.79 Å². The second-order valence-electron chi connectivity index (χ2n) is 8.03. The number of fused-ring (bicyclic) bond motifs is 1. The molecule has 0 aliphatic heterocycles. The van der Waals surface area contributed by atoms with Gasteiger partial charge in [-0.25, -0.2) is 0 Å². The maximum Gasteiger partial charge on any atom is 0.255 e. The minimum atomic E-state index is -0.308. The van der Waals surface area contributed by atoms with Crippen LogP contribution in [0.25, 0.3) is 10.8 Å². The largest absolute Gasteiger partial charge is 0.489 e. The van der Waals surface area contributed by atoms with Crippen molar-refractivity contribution in [2.45, 2.75) is 51.2 Å². The van der Waals surface area contributed by atoms with Crippen molar-refractivity contribution < 1.29 is 4.74 Å². The van der Waals surface area contributed by atoms with E-state index in [1.54, 1.807) is 12.3 Å². The fourth-order valence-corrected chi connectivity index (χ4v) is 4.44. The van der Waals surface area contributed by atoms with Crippen LogP contribution in [0.5, 0.6) is 5.75 Å². The fourth-order valence-electron chi connectivity index (χ4n) is 4.23. The number of aryl methyl sites for hydroxylation is 2. The maximum absolute atomic E-state index is 11.9. The second-order valence-corrected chi connectivity index (χ2v) is 8.43. The summed E-state index contributed by atoms with van der Waals surface area (Å²) in [5.74, 6) is 0.626. The van der Waals surface area contributed by atoms with Crippen LogP contribution in [-0.2, 0) is 5.54 Å². The van der Waals surface area contributed by atoms with Gasteiger partial charge < -0.3 is 15.5 Å². The van der Waals surface area contributed by atoms with E-state index >= 15 is 0 Å². The number of pyridine rings is 1. The minimum Gasteiger partial charge on any atom is -0.489 e. The Kier molecular flexibility index (Phi) is 4.94. The molecule has 1 saturated carbocycles. The molecule has 0 atom stereocenters. The van der Waals surface area contributed by atoms with E-state index in [0.717, 1.165) is 31.1 Å². The van der Waals surface area contributed by atoms with Gasteiger partial charge in [0, 0.05) is 17.1 Å². The molecule has 1 aliphatic rings. The second kappa shape index (κ2) is 7.26. The van der Waals surface area contributed by atoms with Crippen LogP contribution < -0.4 is 16.0 Å². The molecule has 5 heteroatoms. The molecular weight excluding hydrogens is 372 g/mol. The number of H-pyrrole nitrogens is 1. The zero-order valence-electron chi connectivity index (χ0n) is 16.2. The molecule has 1 aromatic heterocycles. The maximum atomic E-state index is 11.9. The third-order valence-corrected chi connectivity index (χ3v) is 6.04. The van der Waals surface area contributed by atoms with E-state index in [2.05, 4.69) is 37.0 Å². The number of nitrogens with one attached hydrogen (secondary N) is 1. The van der Waals surface area contributed by atoms with E-state index in [1.807, 2.05) is 12.1 Å². The number of hydrogen-bond acceptors (Lipinski definition) is 3. The zero-order valence-corrected chi connectivity index (χ0v) is 17.0. The van der Waals surface area contributed by atoms with Crippen molar-refractivity contribution in [1.82, 2.24) is 4.98 Å². The molecule has 2 aromatic carbocycles. The first kappa shape index (κ1) is 19.0. The predicted octanol–water partition coefficient (Wildman–Crippen LogP) is 4.97. The first-order chi connectivity index (χ1) is 13.3. The fraction of sp³-hybridized carbons (Fsp3) is 0.348. The van der Waals surface area contributed by atoms with Crippen molar-refractivity contribution in [3.05, 3.63) is 74.7 Å². The number of halogens is 1. The Morgan fingerprint density at radius 1 is 1.11 bits per heavy atom. The van der Waals surface area contributed by atoms with Crippen molar-refractivity contribution in [2.75, 3.05) is 0 Å². The van der Waals surface area contributed by atoms with E-state index in [4.69, 9.17) is 22.1 Å². The summed E-state index contributed by atoms with van der Waals surface area (Å²) in [5.41, 5.74) is 10.0. The van der Waals surface area contributed by atoms with Gasteiger partial charge in [0.1, 0.15) is 5.75 Å². The standard InChI is InChI=1S/C23H25ClN2O2/c1-14-9-15(2)11-17(10-14)23(25)6-3-18(4-7-23)28-21-12-16-5-8-26-22(27)19(16)13-20(21)24/h5,8-13,18H,3-4,6-7,25H2,1-2H3,(H,26,27)/t18-,23+. The van der Waals surface area contributed by atoms with Gasteiger partial charge in [0.2, 0.25) is 0 Å². The normalized spacial score (nSPS) is 22.4. The summed E-state index contributed by atoms with van der Waals surface area (Å²) >= 11 is 6.38. The molecule has 146 valence electrons. The number of aromatic amines is 1. The summed E-state index contributed by atoms with van der Waals surface area (Å²) in [5, 5.41) is 1.85. The Bertz CT molecular complexity index is 1060. The highest BCUT2D eigenvalue weighted by molar-refractivity contribution is 6.32. The number of rotatable bonds is 3. The first-order valence-corrected chi connectivity index (χ1v) is 10.1. The number of aromatic nitrogens is 1. The summed E-state index contributed by atoms with van der Waals surface area (Å²) in [4.78, 5) is 14.6. The lowest BCUT2D eigenvalue weighted by molar-refractivity contribution is 0.118. The van der Waals surface area contributed by atoms with E-state index in [1.165, 1.54) is 16.7 Å². The molecule has 0 amide bonds. The van der Waals surface area contributed by atoms with Crippen molar-refractivity contribution in [3.8, 4) is 5.75 Å². The average Bonchev–Trinajstić information content (AvgIpc) is 2.64. The molecule has 0 bridgehead atoms. The van der Waals surface area contributed by atoms with Crippen molar-refractivity contribution in [1.29, 1.82) is 0 Å². The summed E-state index contributed by atoms with van der Waals surface area (Å²) in [6, 6.07) is 12.0. The quantitative estimate of drug-likeness (QED) is 0.656. The molecule has 3 N–H and O–H groups in total. The van der Waals surface area contributed by atoms with Gasteiger partial charge in [0.15, 0.2) is 0 Å². The van der Waals surface area contributed by atoms with Crippen LogP contribution in [0.1, 0.15) is 42.4 Å². The van der Waals surface area contributed by atoms with E-state index < -0.39 is 0 Å². The number of ether oxygens (including phenoxy) is 1. The molecule has 0 spiro atoms. The predicted molar refractivity (Wildman–Crippen MR) is 114 cm³/mol. The molecule has 0 radical (unpaired) electrons. The Balaban J connectivity index is 1.51. The molecule has 4 nitrogen and oxygen atoms in total. The molecule has 0 saturated heterocycles. The Hall–Kier alpha value is -2.30. The van der Waals surface area contributed by atoms with Crippen molar-refractivity contribution in [2.24, 2.45) is 5.73 Å². The zero-order chi connectivity index (χ0) is 19.9. The van der Waals surface area contributed by atoms with E-state index in [0.29, 0.717) is 16.2 Å². The van der Waals surface area contributed by atoms with Gasteiger partial charge in [-0.1, -0.05) is 40.9 Å². The highest BCUT2D eigenvalue weighted by atomic mass is 35.5. The van der Waals surface area contributed by atoms with E-state index in [-0.39, 0.29) is 17.2 Å². The Labute approximate surface area is 169 Å². The summed E-state index contributed by atoms with van der Waals surface area (Å²) < 4.78 is 6.21. The smallest absolute Gasteiger partial charge is 0.255 e. The SMILES string of the molecule is Cc1cc(C)cc([C@]2(N)CC[C@@H](Oc3cc4cc[nH]c(=O)c4cc3Cl)CC2)c1. The lowest BCUT2D eigenvalue weighted by atomic mass is 9.75. The summed E-state index contributed by atoms with van der Waals surface area (Å²) in [7, 11) is 0. The van der Waals surface area contributed by atoms with Gasteiger partial charge in [0.25, 0.3) is 5.56 Å². The molecule has 1 fully saturated rings. The topological polar surface area (TPSA) is 68.1 Å². The van der Waals surface area contributed by atoms with Gasteiger partial charge in [-0.15, -0.1) is 0 Å². The molecule has 28 heavy (non-hydrogen) atoms. The summed E-state index contributed by atoms with van der Waals surface area (Å²) in [6.07, 6.45) is 5.17. The minimum absolute atomic E-state index is 0.0690. The van der Waals surface area contributed by atoms with Crippen molar-refractivity contribution in [3.63, 3.8) is 0 Å². The molecule has 1 heterocycles. The van der Waals surface area contributed by atoms with Gasteiger partial charge >= 0.3 is 0 Å². The third-order valence-electron chi connectivity index (χ3n) is 5.74. The first-order valence-electron chi connectivity index (χ1n) is 9.69. The highest BCUT2D eigenvalue weighted by Gasteiger charge is 2.34. The van der Waals surface area contributed by atoms with Gasteiger partial charge in [-0.3, -0.25) is 4.79 Å². The Morgan fingerprint density at radius 2 is 1.79 bits per heavy atom. The van der Waals surface area contributed by atoms with Crippen LogP contribution in [0.3, 0.4) is 0 Å². The van der Waals surface area contributed by atoms with Crippen LogP contribution in [0, 0.1) is 13.8 Å². The molecule has 4 rings (SSSR count). The molecule has 0 unspecified atom stereocenters. The number of nitrogens with two attached hydrogens (primary N) is 1. The van der Waals surface area contributed by atoms with Crippen LogP contribution >= 0.6 is 11.6 Å². The van der Waals surface area contributed by atoms with Gasteiger partial charge in [-0.05, 0) is 68.7 Å². The lowest BCUT2D eigenvalue weighted by Crippen LogP contribution is -2.42. The summed E-state index contributed by atoms with van der Waals surface area (Å²) in [6.45, 7) is 4.22. The van der Waals surface area contributed by atoms with Crippen LogP contribution in [-0.4, -0.2) is 11.1 Å². The molecule has 1 aliphatic carbocycles. The van der Waals surface area contributed by atoms with Crippen molar-refractivity contribution >= 4 is 22.4 Å². The molecular formula is C23H25ClN2O2. The monoisotopic (exact) mass is 396 g/mol. The number of benzene rings is 2. The van der Waals surface area contributed by atoms with Gasteiger partial charge in [-0.2, -0.15) is 0 Å². The van der Waals surface area contributed by atoms with Crippen LogP contribution in [0.15, 0.2) is 47.4 Å². The van der Waals surface area contributed by atoms with Crippen LogP contribution in [0.4, 0.5) is 0 Å². The number of hydrogen-bond donors (Lipinski definition) is 2. The highest BCUT2D eigenvalue weighted by Crippen LogP contribution is 2.38. The third kappa shape index (κ3) is 3.67. The van der Waals surface area contributed by atoms with Crippen LogP contribution in [0.2, 0.25) is 5.02 Å². The lowest BCUT2D eigenvalue weighted by Gasteiger charge is -2.38.